The molecule has 0 saturated carbocycles. The number of rotatable bonds is 5. The Morgan fingerprint density at radius 1 is 1.04 bits per heavy atom. The molecular formula is C19H17Br2NO5. The highest BCUT2D eigenvalue weighted by Crippen LogP contribution is 2.22. The monoisotopic (exact) mass is 497 g/mol. The van der Waals surface area contributed by atoms with Gasteiger partial charge in [-0.15, -0.1) is 0 Å². The summed E-state index contributed by atoms with van der Waals surface area (Å²) in [6.45, 7) is 0.606. The number of likely N-dealkylation sites (tertiary alicyclic amines) is 1. The summed E-state index contributed by atoms with van der Waals surface area (Å²) in [6.07, 6.45) is 0.998. The largest absolute Gasteiger partial charge is 0.457 e. The number of Topliss-reactive ketones (excluding diaryl/α,β-unsaturated/α-hetero) is 1. The molecule has 1 aliphatic rings. The zero-order chi connectivity index (χ0) is 19.4. The van der Waals surface area contributed by atoms with Gasteiger partial charge in [0.05, 0.1) is 5.92 Å². The Morgan fingerprint density at radius 2 is 1.70 bits per heavy atom. The summed E-state index contributed by atoms with van der Waals surface area (Å²) in [5.41, 5.74) is 0.496. The smallest absolute Gasteiger partial charge is 0.309 e. The molecule has 1 aromatic carbocycles. The quantitative estimate of drug-likeness (QED) is 0.458. The second-order valence-corrected chi connectivity index (χ2v) is 7.91. The van der Waals surface area contributed by atoms with Gasteiger partial charge in [0.2, 0.25) is 0 Å². The molecule has 0 spiro atoms. The van der Waals surface area contributed by atoms with Gasteiger partial charge in [-0.2, -0.15) is 0 Å². The summed E-state index contributed by atoms with van der Waals surface area (Å²) < 4.78 is 11.8. The number of hydrogen-bond acceptors (Lipinski definition) is 5. The van der Waals surface area contributed by atoms with E-state index in [0.717, 1.165) is 4.47 Å². The fourth-order valence-electron chi connectivity index (χ4n) is 2.88. The van der Waals surface area contributed by atoms with Crippen molar-refractivity contribution in [2.45, 2.75) is 12.8 Å². The zero-order valence-corrected chi connectivity index (χ0v) is 17.5. The number of benzene rings is 1. The maximum absolute atomic E-state index is 12.3. The number of piperidine rings is 1. The molecule has 27 heavy (non-hydrogen) atoms. The third-order valence-corrected chi connectivity index (χ3v) is 5.37. The van der Waals surface area contributed by atoms with Crippen molar-refractivity contribution >= 4 is 49.5 Å². The predicted octanol–water partition coefficient (Wildman–Crippen LogP) is 4.08. The van der Waals surface area contributed by atoms with Gasteiger partial charge in [-0.3, -0.25) is 14.4 Å². The van der Waals surface area contributed by atoms with E-state index < -0.39 is 5.97 Å². The van der Waals surface area contributed by atoms with Gasteiger partial charge in [-0.25, -0.2) is 0 Å². The van der Waals surface area contributed by atoms with E-state index in [-0.39, 0.29) is 30.0 Å². The molecule has 0 aliphatic carbocycles. The molecule has 0 radical (unpaired) electrons. The van der Waals surface area contributed by atoms with Crippen LogP contribution >= 0.6 is 31.9 Å². The van der Waals surface area contributed by atoms with Gasteiger partial charge < -0.3 is 14.1 Å². The van der Waals surface area contributed by atoms with Gasteiger partial charge in [0.25, 0.3) is 5.91 Å². The molecule has 1 saturated heterocycles. The van der Waals surface area contributed by atoms with Crippen molar-refractivity contribution in [2.75, 3.05) is 19.7 Å². The molecule has 2 aromatic rings. The van der Waals surface area contributed by atoms with Gasteiger partial charge in [-0.1, -0.05) is 28.1 Å². The number of ether oxygens (including phenoxy) is 1. The van der Waals surface area contributed by atoms with Crippen LogP contribution in [0.4, 0.5) is 0 Å². The summed E-state index contributed by atoms with van der Waals surface area (Å²) in [4.78, 5) is 38.3. The Balaban J connectivity index is 1.46. The Labute approximate surface area is 173 Å². The van der Waals surface area contributed by atoms with Crippen LogP contribution in [0.5, 0.6) is 0 Å². The summed E-state index contributed by atoms with van der Waals surface area (Å²) >= 11 is 6.48. The maximum atomic E-state index is 12.3. The molecule has 1 fully saturated rings. The Hall–Kier alpha value is -1.93. The minimum absolute atomic E-state index is 0.196. The van der Waals surface area contributed by atoms with Crippen LogP contribution in [0.1, 0.15) is 33.8 Å². The molecule has 0 atom stereocenters. The number of furan rings is 1. The summed E-state index contributed by atoms with van der Waals surface area (Å²) in [6, 6.07) is 10.2. The lowest BCUT2D eigenvalue weighted by Gasteiger charge is -2.30. The third kappa shape index (κ3) is 5.07. The van der Waals surface area contributed by atoms with E-state index in [1.54, 1.807) is 41.3 Å². The van der Waals surface area contributed by atoms with Crippen LogP contribution in [0.3, 0.4) is 0 Å². The molecule has 0 unspecified atom stereocenters. The average molecular weight is 499 g/mol. The summed E-state index contributed by atoms with van der Waals surface area (Å²) in [5, 5.41) is 0. The van der Waals surface area contributed by atoms with Crippen LogP contribution in [0.25, 0.3) is 0 Å². The Kier molecular flexibility index (Phi) is 6.49. The molecule has 6 nitrogen and oxygen atoms in total. The first-order valence-electron chi connectivity index (χ1n) is 8.44. The fourth-order valence-corrected chi connectivity index (χ4v) is 3.45. The highest BCUT2D eigenvalue weighted by molar-refractivity contribution is 9.10. The average Bonchev–Trinajstić information content (AvgIpc) is 3.12. The van der Waals surface area contributed by atoms with Crippen LogP contribution in [-0.2, 0) is 9.53 Å². The SMILES string of the molecule is O=C(COC(=O)C1CCN(C(=O)c2ccc(Br)o2)CC1)c1ccc(Br)cc1. The molecule has 1 aliphatic heterocycles. The number of ketones is 1. The number of nitrogens with zero attached hydrogens (tertiary/aromatic N) is 1. The lowest BCUT2D eigenvalue weighted by molar-refractivity contribution is -0.148. The first-order valence-corrected chi connectivity index (χ1v) is 10.0. The number of esters is 1. The first-order chi connectivity index (χ1) is 12.9. The van der Waals surface area contributed by atoms with E-state index in [1.807, 2.05) is 0 Å². The van der Waals surface area contributed by atoms with Crippen molar-refractivity contribution in [3.05, 3.63) is 56.9 Å². The van der Waals surface area contributed by atoms with Gasteiger partial charge in [0, 0.05) is 23.1 Å². The number of carbonyl (C=O) groups is 3. The number of carbonyl (C=O) groups excluding carboxylic acids is 3. The van der Waals surface area contributed by atoms with Crippen molar-refractivity contribution in [2.24, 2.45) is 5.92 Å². The van der Waals surface area contributed by atoms with Crippen molar-refractivity contribution in [3.63, 3.8) is 0 Å². The molecule has 8 heteroatoms. The molecular weight excluding hydrogens is 482 g/mol. The molecule has 2 heterocycles. The zero-order valence-electron chi connectivity index (χ0n) is 14.3. The van der Waals surface area contributed by atoms with Gasteiger partial charge >= 0.3 is 5.97 Å². The topological polar surface area (TPSA) is 76.8 Å². The van der Waals surface area contributed by atoms with Crippen molar-refractivity contribution < 1.29 is 23.5 Å². The lowest BCUT2D eigenvalue weighted by atomic mass is 9.97. The molecule has 0 N–H and O–H groups in total. The van der Waals surface area contributed by atoms with Crippen LogP contribution in [0.15, 0.2) is 50.0 Å². The number of amides is 1. The molecule has 1 aromatic heterocycles. The maximum Gasteiger partial charge on any atom is 0.309 e. The first kappa shape index (κ1) is 19.8. The van der Waals surface area contributed by atoms with Gasteiger partial charge in [0.15, 0.2) is 22.8 Å². The van der Waals surface area contributed by atoms with E-state index >= 15 is 0 Å². The van der Waals surface area contributed by atoms with Crippen molar-refractivity contribution in [3.8, 4) is 0 Å². The van der Waals surface area contributed by atoms with E-state index in [0.29, 0.717) is 36.2 Å². The molecule has 1 amide bonds. The number of hydrogen-bond donors (Lipinski definition) is 0. The van der Waals surface area contributed by atoms with Gasteiger partial charge in [0.1, 0.15) is 0 Å². The van der Waals surface area contributed by atoms with Gasteiger partial charge in [-0.05, 0) is 53.0 Å². The Bertz CT molecular complexity index is 838. The van der Waals surface area contributed by atoms with Crippen LogP contribution < -0.4 is 0 Å². The van der Waals surface area contributed by atoms with E-state index in [1.165, 1.54) is 0 Å². The van der Waals surface area contributed by atoms with E-state index in [9.17, 15) is 14.4 Å². The molecule has 3 rings (SSSR count). The van der Waals surface area contributed by atoms with Crippen LogP contribution in [0, 0.1) is 5.92 Å². The highest BCUT2D eigenvalue weighted by atomic mass is 79.9. The van der Waals surface area contributed by atoms with E-state index in [2.05, 4.69) is 31.9 Å². The van der Waals surface area contributed by atoms with E-state index in [4.69, 9.17) is 9.15 Å². The van der Waals surface area contributed by atoms with Crippen molar-refractivity contribution in [1.82, 2.24) is 4.90 Å². The Morgan fingerprint density at radius 3 is 2.30 bits per heavy atom. The molecule has 142 valence electrons. The number of halogens is 2. The normalized spacial score (nSPS) is 14.8. The summed E-state index contributed by atoms with van der Waals surface area (Å²) in [7, 11) is 0. The lowest BCUT2D eigenvalue weighted by Crippen LogP contribution is -2.40. The highest BCUT2D eigenvalue weighted by Gasteiger charge is 2.30. The summed E-state index contributed by atoms with van der Waals surface area (Å²) in [5.74, 6) is -0.879. The minimum atomic E-state index is -0.395. The second kappa shape index (κ2) is 8.84. The van der Waals surface area contributed by atoms with Crippen molar-refractivity contribution in [1.29, 1.82) is 0 Å². The van der Waals surface area contributed by atoms with Crippen LogP contribution in [-0.4, -0.2) is 42.3 Å². The third-order valence-electron chi connectivity index (χ3n) is 4.41. The minimum Gasteiger partial charge on any atom is -0.457 e. The fraction of sp³-hybridized carbons (Fsp3) is 0.316. The van der Waals surface area contributed by atoms with Crippen LogP contribution in [0.2, 0.25) is 0 Å². The standard InChI is InChI=1S/C19H17Br2NO5/c20-14-3-1-12(2-4-14)15(23)11-26-19(25)13-7-9-22(10-8-13)18(24)16-5-6-17(21)27-16/h1-6,13H,7-11H2. The second-order valence-electron chi connectivity index (χ2n) is 6.21. The predicted molar refractivity (Wildman–Crippen MR) is 104 cm³/mol. The molecule has 0 bridgehead atoms.